The summed E-state index contributed by atoms with van der Waals surface area (Å²) in [4.78, 5) is 28.8. The molecule has 3 heterocycles. The van der Waals surface area contributed by atoms with E-state index in [2.05, 4.69) is 26.6 Å². The van der Waals surface area contributed by atoms with Gasteiger partial charge in [0.2, 0.25) is 5.91 Å². The van der Waals surface area contributed by atoms with Gasteiger partial charge in [-0.1, -0.05) is 24.3 Å². The lowest BCUT2D eigenvalue weighted by atomic mass is 10.0. The van der Waals surface area contributed by atoms with Crippen LogP contribution in [0.3, 0.4) is 0 Å². The normalized spacial score (nSPS) is 18.2. The van der Waals surface area contributed by atoms with Crippen LogP contribution in [0.2, 0.25) is 0 Å². The van der Waals surface area contributed by atoms with Crippen molar-refractivity contribution in [1.82, 2.24) is 29.9 Å². The monoisotopic (exact) mass is 444 g/mol. The highest BCUT2D eigenvalue weighted by Gasteiger charge is 2.44. The van der Waals surface area contributed by atoms with Crippen LogP contribution in [0.4, 0.5) is 0 Å². The van der Waals surface area contributed by atoms with Crippen molar-refractivity contribution in [3.63, 3.8) is 0 Å². The van der Waals surface area contributed by atoms with Crippen molar-refractivity contribution in [1.29, 1.82) is 0 Å². The number of carboxylic acids is 1. The van der Waals surface area contributed by atoms with E-state index in [0.717, 1.165) is 27.6 Å². The molecule has 1 aliphatic carbocycles. The van der Waals surface area contributed by atoms with Crippen LogP contribution in [-0.4, -0.2) is 47.6 Å². The number of pyridine rings is 1. The molecule has 4 aromatic rings. The number of carbonyl (C=O) groups is 2. The van der Waals surface area contributed by atoms with Gasteiger partial charge in [-0.15, -0.1) is 0 Å². The van der Waals surface area contributed by atoms with Gasteiger partial charge in [-0.2, -0.15) is 10.2 Å². The molecule has 9 nitrogen and oxygen atoms in total. The lowest BCUT2D eigenvalue weighted by Gasteiger charge is -2.13. The van der Waals surface area contributed by atoms with Gasteiger partial charge in [-0.25, -0.2) is 9.78 Å². The fourth-order valence-corrected chi connectivity index (χ4v) is 4.26. The van der Waals surface area contributed by atoms with Crippen LogP contribution in [0.25, 0.3) is 22.2 Å². The lowest BCUT2D eigenvalue weighted by molar-refractivity contribution is -0.142. The summed E-state index contributed by atoms with van der Waals surface area (Å²) in [6.07, 6.45) is 8.04. The van der Waals surface area contributed by atoms with Crippen molar-refractivity contribution >= 4 is 22.9 Å². The summed E-state index contributed by atoms with van der Waals surface area (Å²) in [5.41, 5.74) is 4.61. The maximum atomic E-state index is 12.7. The van der Waals surface area contributed by atoms with Gasteiger partial charge in [0, 0.05) is 56.0 Å². The number of hydrogen-bond acceptors (Lipinski definition) is 5. The number of carbonyl (C=O) groups excluding carboxylic acids is 1. The van der Waals surface area contributed by atoms with Crippen molar-refractivity contribution in [3.8, 4) is 11.1 Å². The van der Waals surface area contributed by atoms with Crippen LogP contribution < -0.4 is 5.32 Å². The molecule has 0 unspecified atom stereocenters. The fraction of sp³-hybridized carbons (Fsp3) is 0.292. The van der Waals surface area contributed by atoms with Crippen molar-refractivity contribution < 1.29 is 14.7 Å². The Labute approximate surface area is 190 Å². The molecule has 1 amide bonds. The first-order valence-corrected chi connectivity index (χ1v) is 10.8. The molecular weight excluding hydrogens is 420 g/mol. The number of carboxylic acid groups (broad SMARTS) is 1. The van der Waals surface area contributed by atoms with Crippen LogP contribution in [0, 0.1) is 5.92 Å². The summed E-state index contributed by atoms with van der Waals surface area (Å²) in [6.45, 7) is 0. The van der Waals surface area contributed by atoms with E-state index < -0.39 is 12.0 Å². The third kappa shape index (κ3) is 4.34. The van der Waals surface area contributed by atoms with E-state index in [4.69, 9.17) is 0 Å². The lowest BCUT2D eigenvalue weighted by Crippen LogP contribution is -2.43. The minimum absolute atomic E-state index is 0.103. The van der Waals surface area contributed by atoms with Gasteiger partial charge in [-0.3, -0.25) is 14.2 Å². The van der Waals surface area contributed by atoms with Gasteiger partial charge < -0.3 is 10.4 Å². The Kier molecular flexibility index (Phi) is 5.16. The second kappa shape index (κ2) is 8.16. The minimum Gasteiger partial charge on any atom is -0.480 e. The number of benzene rings is 1. The molecule has 9 heteroatoms. The Bertz CT molecular complexity index is 1340. The molecule has 1 fully saturated rings. The fourth-order valence-electron chi connectivity index (χ4n) is 4.26. The number of fused-ring (bicyclic) bond motifs is 1. The number of nitrogens with zero attached hydrogens (tertiary/aromatic N) is 5. The smallest absolute Gasteiger partial charge is 0.326 e. The van der Waals surface area contributed by atoms with Crippen LogP contribution >= 0.6 is 0 Å². The molecule has 3 atom stereocenters. The average Bonchev–Trinajstić information content (AvgIpc) is 3.36. The zero-order chi connectivity index (χ0) is 23.1. The molecule has 3 aromatic heterocycles. The summed E-state index contributed by atoms with van der Waals surface area (Å²) in [6, 6.07) is 9.22. The highest BCUT2D eigenvalue weighted by molar-refractivity contribution is 5.88. The standard InChI is InChI=1S/C24H24N6O3/c1-29-12-14(10-26-29)7-21(24(32)33)27-23(31)20-9-19(20)16-5-3-15(4-6-16)17-8-18-13-30(2)28-22(18)25-11-17/h3-6,8,10-13,19-21H,7,9H2,1-2H3,(H,27,31)(H,32,33)/t19-,20+,21-/m1/s1. The van der Waals surface area contributed by atoms with E-state index in [1.807, 2.05) is 43.7 Å². The summed E-state index contributed by atoms with van der Waals surface area (Å²) >= 11 is 0. The van der Waals surface area contributed by atoms with Gasteiger partial charge >= 0.3 is 5.97 Å². The predicted octanol–water partition coefficient (Wildman–Crippen LogP) is 2.28. The van der Waals surface area contributed by atoms with Crippen LogP contribution in [-0.2, 0) is 30.1 Å². The van der Waals surface area contributed by atoms with E-state index in [9.17, 15) is 14.7 Å². The zero-order valence-corrected chi connectivity index (χ0v) is 18.3. The number of rotatable bonds is 7. The molecule has 168 valence electrons. The van der Waals surface area contributed by atoms with Crippen molar-refractivity contribution in [2.45, 2.75) is 24.8 Å². The molecule has 0 bridgehead atoms. The summed E-state index contributed by atoms with van der Waals surface area (Å²) < 4.78 is 3.36. The molecule has 1 aromatic carbocycles. The first-order chi connectivity index (χ1) is 15.9. The average molecular weight is 444 g/mol. The van der Waals surface area contributed by atoms with E-state index in [1.54, 1.807) is 28.8 Å². The molecule has 5 rings (SSSR count). The Morgan fingerprint density at radius 3 is 2.61 bits per heavy atom. The number of aryl methyl sites for hydroxylation is 2. The van der Waals surface area contributed by atoms with Crippen LogP contribution in [0.1, 0.15) is 23.5 Å². The molecular formula is C24H24N6O3. The topological polar surface area (TPSA) is 115 Å². The highest BCUT2D eigenvalue weighted by Crippen LogP contribution is 2.47. The Morgan fingerprint density at radius 1 is 1.12 bits per heavy atom. The number of hydrogen-bond donors (Lipinski definition) is 2. The Morgan fingerprint density at radius 2 is 1.91 bits per heavy atom. The van der Waals surface area contributed by atoms with Gasteiger partial charge in [0.05, 0.1) is 6.20 Å². The Hall–Kier alpha value is -4.01. The maximum Gasteiger partial charge on any atom is 0.326 e. The summed E-state index contributed by atoms with van der Waals surface area (Å²) in [5.74, 6) is -1.37. The van der Waals surface area contributed by atoms with E-state index in [-0.39, 0.29) is 24.2 Å². The zero-order valence-electron chi connectivity index (χ0n) is 18.3. The van der Waals surface area contributed by atoms with Gasteiger partial charge in [-0.05, 0) is 35.1 Å². The third-order valence-corrected chi connectivity index (χ3v) is 6.09. The van der Waals surface area contributed by atoms with Gasteiger partial charge in [0.15, 0.2) is 5.65 Å². The largest absolute Gasteiger partial charge is 0.480 e. The van der Waals surface area contributed by atoms with E-state index in [0.29, 0.717) is 12.1 Å². The summed E-state index contributed by atoms with van der Waals surface area (Å²) in [7, 11) is 3.64. The Balaban J connectivity index is 1.23. The molecule has 2 N–H and O–H groups in total. The van der Waals surface area contributed by atoms with Crippen molar-refractivity contribution in [2.24, 2.45) is 20.0 Å². The van der Waals surface area contributed by atoms with Crippen molar-refractivity contribution in [3.05, 3.63) is 66.2 Å². The quantitative estimate of drug-likeness (QED) is 0.452. The molecule has 33 heavy (non-hydrogen) atoms. The van der Waals surface area contributed by atoms with Crippen molar-refractivity contribution in [2.75, 3.05) is 0 Å². The first-order valence-electron chi connectivity index (χ1n) is 10.8. The van der Waals surface area contributed by atoms with Gasteiger partial charge in [0.1, 0.15) is 6.04 Å². The van der Waals surface area contributed by atoms with E-state index in [1.165, 1.54) is 0 Å². The molecule has 0 aliphatic heterocycles. The van der Waals surface area contributed by atoms with E-state index >= 15 is 0 Å². The molecule has 0 radical (unpaired) electrons. The van der Waals surface area contributed by atoms with Gasteiger partial charge in [0.25, 0.3) is 0 Å². The van der Waals surface area contributed by atoms with Crippen LogP contribution in [0.5, 0.6) is 0 Å². The maximum absolute atomic E-state index is 12.7. The molecule has 0 spiro atoms. The number of amides is 1. The summed E-state index contributed by atoms with van der Waals surface area (Å²) in [5, 5.41) is 21.6. The minimum atomic E-state index is -1.05. The highest BCUT2D eigenvalue weighted by atomic mass is 16.4. The third-order valence-electron chi connectivity index (χ3n) is 6.09. The number of nitrogens with one attached hydrogen (secondary N) is 1. The second-order valence-corrected chi connectivity index (χ2v) is 8.64. The molecule has 0 saturated heterocycles. The second-order valence-electron chi connectivity index (χ2n) is 8.64. The molecule has 1 saturated carbocycles. The number of aromatic nitrogens is 5. The van der Waals surface area contributed by atoms with Crippen LogP contribution in [0.15, 0.2) is 55.1 Å². The SMILES string of the molecule is Cn1cc(C[C@@H](NC(=O)[C@H]2C[C@@H]2c2ccc(-c3cnc4nn(C)cc4c3)cc2)C(=O)O)cn1. The molecule has 1 aliphatic rings. The number of aliphatic carboxylic acids is 1. The first kappa shape index (κ1) is 20.9. The predicted molar refractivity (Wildman–Crippen MR) is 121 cm³/mol.